The molecule has 0 spiro atoms. The van der Waals surface area contributed by atoms with Gasteiger partial charge in [0.15, 0.2) is 0 Å². The second kappa shape index (κ2) is 20.7. The molecule has 8 rings (SSSR count). The minimum atomic E-state index is -0.420. The number of hydrogen-bond acceptors (Lipinski definition) is 15. The highest BCUT2D eigenvalue weighted by molar-refractivity contribution is 5.96. The molecule has 0 atom stereocenters. The van der Waals surface area contributed by atoms with Crippen molar-refractivity contribution in [2.24, 2.45) is 14.1 Å². The predicted molar refractivity (Wildman–Crippen MR) is 262 cm³/mol. The molecular formula is C48H54N12O6. The summed E-state index contributed by atoms with van der Waals surface area (Å²) in [4.78, 5) is 33.3. The first-order chi connectivity index (χ1) is 31.9. The number of methoxy groups -OCH3 is 4. The number of aromatic nitrogens is 6. The lowest BCUT2D eigenvalue weighted by atomic mass is 10.1. The van der Waals surface area contributed by atoms with Crippen molar-refractivity contribution in [1.29, 1.82) is 0 Å². The van der Waals surface area contributed by atoms with Gasteiger partial charge in [0.1, 0.15) is 17.2 Å². The van der Waals surface area contributed by atoms with E-state index in [9.17, 15) is 10.1 Å². The zero-order valence-electron chi connectivity index (χ0n) is 38.3. The zero-order valence-corrected chi connectivity index (χ0v) is 38.3. The van der Waals surface area contributed by atoms with Crippen molar-refractivity contribution in [3.63, 3.8) is 0 Å². The molecule has 0 fully saturated rings. The van der Waals surface area contributed by atoms with Crippen LogP contribution in [0.1, 0.15) is 0 Å². The van der Waals surface area contributed by atoms with Gasteiger partial charge in [0.05, 0.1) is 66.5 Å². The number of nitrogens with zero attached hydrogens (tertiary/aromatic N) is 9. The van der Waals surface area contributed by atoms with Crippen LogP contribution in [0.5, 0.6) is 11.5 Å². The number of fused-ring (bicyclic) bond motifs is 2. The van der Waals surface area contributed by atoms with E-state index in [1.54, 1.807) is 51.7 Å². The van der Waals surface area contributed by atoms with E-state index in [1.807, 2.05) is 97.5 Å². The number of nitro benzene ring substituents is 1. The summed E-state index contributed by atoms with van der Waals surface area (Å²) in [5.74, 6) is 1.86. The molecule has 0 aliphatic carbocycles. The normalized spacial score (nSPS) is 11.0. The first kappa shape index (κ1) is 46.0. The smallest absolute Gasteiger partial charge is 0.294 e. The van der Waals surface area contributed by atoms with E-state index in [0.717, 1.165) is 50.0 Å². The maximum atomic E-state index is 11.8. The first-order valence-electron chi connectivity index (χ1n) is 21.0. The van der Waals surface area contributed by atoms with Crippen LogP contribution in [0.2, 0.25) is 0 Å². The molecule has 8 aromatic rings. The van der Waals surface area contributed by atoms with Crippen LogP contribution in [0.4, 0.5) is 46.0 Å². The number of rotatable bonds is 17. The van der Waals surface area contributed by atoms with E-state index in [0.29, 0.717) is 72.4 Å². The van der Waals surface area contributed by atoms with Crippen molar-refractivity contribution in [2.75, 3.05) is 95.0 Å². The Morgan fingerprint density at radius 1 is 0.667 bits per heavy atom. The number of para-hydroxylation sites is 2. The third kappa shape index (κ3) is 10.0. The van der Waals surface area contributed by atoms with Crippen LogP contribution in [-0.2, 0) is 23.6 Å². The molecule has 0 unspecified atom stereocenters. The van der Waals surface area contributed by atoms with Crippen molar-refractivity contribution in [2.45, 2.75) is 0 Å². The van der Waals surface area contributed by atoms with E-state index >= 15 is 0 Å². The fourth-order valence-corrected chi connectivity index (χ4v) is 7.63. The third-order valence-corrected chi connectivity index (χ3v) is 11.1. The lowest BCUT2D eigenvalue weighted by molar-refractivity contribution is -0.384. The second-order valence-electron chi connectivity index (χ2n) is 15.4. The molecule has 0 saturated carbocycles. The molecule has 4 aromatic carbocycles. The number of nitrogens with one attached hydrogen (secondary N) is 2. The molecule has 66 heavy (non-hydrogen) atoms. The molecule has 4 heterocycles. The summed E-state index contributed by atoms with van der Waals surface area (Å²) in [6.45, 7) is 2.24. The highest BCUT2D eigenvalue weighted by atomic mass is 16.6. The standard InChI is InChI=1S/C24H26N6O4.C24H28N6O2/c1-28(11-12-33-3)21-14-23(34-4)19(13-22(21)30(31)32)27-24-25-10-9-18(26-24)17-15-29(2)20-8-6-5-7-16(17)20;1-29(11-12-31-3)22-14-23(32-4)20(13-18(22)25)28-24-26-10-9-19(27-24)17-15-30(2)21-8-6-5-7-16(17)21/h5-10,13-15H,11-12H2,1-4H3,(H,25,26,27);5-10,13-15H,11-12,25H2,1-4H3,(H,26,27,28). The highest BCUT2D eigenvalue weighted by Crippen LogP contribution is 2.40. The van der Waals surface area contributed by atoms with E-state index in [1.165, 1.54) is 13.2 Å². The monoisotopic (exact) mass is 894 g/mol. The molecule has 4 N–H and O–H groups in total. The Morgan fingerprint density at radius 3 is 1.59 bits per heavy atom. The number of ether oxygens (including phenoxy) is 4. The molecule has 18 heteroatoms. The fourth-order valence-electron chi connectivity index (χ4n) is 7.63. The third-order valence-electron chi connectivity index (χ3n) is 11.1. The number of nitrogens with two attached hydrogens (primary N) is 1. The largest absolute Gasteiger partial charge is 0.494 e. The fraction of sp³-hybridized carbons (Fsp3) is 0.250. The molecule has 0 radical (unpaired) electrons. The molecule has 4 aromatic heterocycles. The van der Waals surface area contributed by atoms with Crippen molar-refractivity contribution >= 4 is 67.8 Å². The van der Waals surface area contributed by atoms with Gasteiger partial charge in [0, 0.05) is 131 Å². The Bertz CT molecular complexity index is 2970. The van der Waals surface area contributed by atoms with Crippen molar-refractivity contribution in [1.82, 2.24) is 29.1 Å². The Hall–Kier alpha value is -7.96. The summed E-state index contributed by atoms with van der Waals surface area (Å²) in [5.41, 5.74) is 15.1. The van der Waals surface area contributed by atoms with E-state index < -0.39 is 4.92 Å². The van der Waals surface area contributed by atoms with Gasteiger partial charge < -0.3 is 54.2 Å². The summed E-state index contributed by atoms with van der Waals surface area (Å²) >= 11 is 0. The van der Waals surface area contributed by atoms with Crippen LogP contribution in [-0.4, -0.2) is 103 Å². The molecule has 0 amide bonds. The van der Waals surface area contributed by atoms with Gasteiger partial charge in [-0.25, -0.2) is 19.9 Å². The number of aryl methyl sites for hydroxylation is 2. The van der Waals surface area contributed by atoms with Crippen LogP contribution in [0.3, 0.4) is 0 Å². The minimum absolute atomic E-state index is 0.0629. The van der Waals surface area contributed by atoms with Crippen LogP contribution in [0.15, 0.2) is 110 Å². The van der Waals surface area contributed by atoms with Crippen LogP contribution in [0.25, 0.3) is 44.3 Å². The lowest BCUT2D eigenvalue weighted by Crippen LogP contribution is -2.23. The number of benzene rings is 4. The van der Waals surface area contributed by atoms with Gasteiger partial charge in [-0.3, -0.25) is 10.1 Å². The summed E-state index contributed by atoms with van der Waals surface area (Å²) in [5, 5.41) is 20.4. The Morgan fingerprint density at radius 2 is 1.12 bits per heavy atom. The van der Waals surface area contributed by atoms with Gasteiger partial charge in [-0.2, -0.15) is 0 Å². The highest BCUT2D eigenvalue weighted by Gasteiger charge is 2.23. The number of nitrogen functional groups attached to an aromatic ring is 1. The predicted octanol–water partition coefficient (Wildman–Crippen LogP) is 8.43. The summed E-state index contributed by atoms with van der Waals surface area (Å²) < 4.78 is 25.5. The van der Waals surface area contributed by atoms with E-state index in [2.05, 4.69) is 48.5 Å². The van der Waals surface area contributed by atoms with Crippen molar-refractivity contribution in [3.05, 3.63) is 120 Å². The molecule has 342 valence electrons. The Kier molecular flexibility index (Phi) is 14.4. The summed E-state index contributed by atoms with van der Waals surface area (Å²) in [7, 11) is 14.2. The van der Waals surface area contributed by atoms with E-state index in [-0.39, 0.29) is 5.69 Å². The van der Waals surface area contributed by atoms with Gasteiger partial charge in [-0.05, 0) is 30.3 Å². The Balaban J connectivity index is 0.000000197. The summed E-state index contributed by atoms with van der Waals surface area (Å²) in [6, 6.07) is 26.9. The van der Waals surface area contributed by atoms with E-state index in [4.69, 9.17) is 29.7 Å². The number of likely N-dealkylation sites (N-methyl/N-ethyl adjacent to an activating group) is 2. The average Bonchev–Trinajstić information content (AvgIpc) is 3.86. The molecule has 0 aliphatic heterocycles. The number of hydrogen-bond donors (Lipinski definition) is 3. The SMILES string of the molecule is COCCN(C)c1cc(OC)c(Nc2nccc(-c3cn(C)c4ccccc34)n2)cc1N.COCCN(C)c1cc(OC)c(Nc2nccc(-c3cn(C)c4ccccc34)n2)cc1[N+](=O)[O-]. The number of nitro groups is 1. The quantitative estimate of drug-likeness (QED) is 0.0447. The molecule has 18 nitrogen and oxygen atoms in total. The maximum absolute atomic E-state index is 11.8. The number of anilines is 7. The molecule has 0 saturated heterocycles. The van der Waals surface area contributed by atoms with Crippen LogP contribution < -0.4 is 35.6 Å². The van der Waals surface area contributed by atoms with Gasteiger partial charge in [0.25, 0.3) is 5.69 Å². The lowest BCUT2D eigenvalue weighted by Gasteiger charge is -2.22. The van der Waals surface area contributed by atoms with Gasteiger partial charge in [0.2, 0.25) is 11.9 Å². The topological polar surface area (TPSA) is 198 Å². The second-order valence-corrected chi connectivity index (χ2v) is 15.4. The maximum Gasteiger partial charge on any atom is 0.294 e. The van der Waals surface area contributed by atoms with Crippen molar-refractivity contribution < 1.29 is 23.9 Å². The molecule has 0 aliphatic rings. The van der Waals surface area contributed by atoms with Gasteiger partial charge >= 0.3 is 0 Å². The summed E-state index contributed by atoms with van der Waals surface area (Å²) in [6.07, 6.45) is 7.50. The molecular weight excluding hydrogens is 841 g/mol. The Labute approximate surface area is 382 Å². The zero-order chi connectivity index (χ0) is 46.9. The minimum Gasteiger partial charge on any atom is -0.494 e. The average molecular weight is 895 g/mol. The van der Waals surface area contributed by atoms with Crippen LogP contribution in [0, 0.1) is 10.1 Å². The van der Waals surface area contributed by atoms with Crippen LogP contribution >= 0.6 is 0 Å². The van der Waals surface area contributed by atoms with Gasteiger partial charge in [-0.1, -0.05) is 36.4 Å². The van der Waals surface area contributed by atoms with Crippen molar-refractivity contribution in [3.8, 4) is 34.0 Å². The molecule has 0 bridgehead atoms. The first-order valence-corrected chi connectivity index (χ1v) is 21.0. The van der Waals surface area contributed by atoms with Gasteiger partial charge in [-0.15, -0.1) is 0 Å².